The topological polar surface area (TPSA) is 88.8 Å². The molecular weight excluding hydrogens is 352 g/mol. The maximum Gasteiger partial charge on any atom is 0.166 e. The lowest BCUT2D eigenvalue weighted by Gasteiger charge is -2.34. The molecule has 1 saturated carbocycles. The Morgan fingerprint density at radius 3 is 3.00 bits per heavy atom. The Bertz CT molecular complexity index is 1010. The molecule has 0 spiro atoms. The third-order valence-electron chi connectivity index (χ3n) is 5.28. The van der Waals surface area contributed by atoms with E-state index in [1.54, 1.807) is 12.5 Å². The summed E-state index contributed by atoms with van der Waals surface area (Å²) in [5, 5.41) is 14.6. The molecule has 1 aliphatic rings. The summed E-state index contributed by atoms with van der Waals surface area (Å²) < 4.78 is 1.81. The first-order valence-corrected chi connectivity index (χ1v) is 9.62. The molecule has 4 rings (SSSR count). The van der Waals surface area contributed by atoms with Crippen LogP contribution in [0.5, 0.6) is 0 Å². The second-order valence-electron chi connectivity index (χ2n) is 7.55. The van der Waals surface area contributed by atoms with Crippen molar-refractivity contribution in [1.29, 1.82) is 0 Å². The van der Waals surface area contributed by atoms with E-state index in [9.17, 15) is 5.11 Å². The predicted octanol–water partition coefficient (Wildman–Crippen LogP) is 2.86. The molecule has 0 bridgehead atoms. The Morgan fingerprint density at radius 2 is 2.25 bits per heavy atom. The fourth-order valence-corrected chi connectivity index (χ4v) is 3.89. The van der Waals surface area contributed by atoms with Crippen molar-refractivity contribution < 1.29 is 5.11 Å². The molecule has 3 heterocycles. The van der Waals surface area contributed by atoms with Crippen LogP contribution in [0.3, 0.4) is 0 Å². The van der Waals surface area contributed by atoms with Crippen LogP contribution in [0.1, 0.15) is 44.1 Å². The summed E-state index contributed by atoms with van der Waals surface area (Å²) in [7, 11) is 0. The number of nitrogens with one attached hydrogen (secondary N) is 1. The van der Waals surface area contributed by atoms with Gasteiger partial charge in [-0.3, -0.25) is 4.98 Å². The lowest BCUT2D eigenvalue weighted by Crippen LogP contribution is -2.34. The van der Waals surface area contributed by atoms with Gasteiger partial charge in [0.1, 0.15) is 11.1 Å². The van der Waals surface area contributed by atoms with Crippen molar-refractivity contribution in [3.63, 3.8) is 0 Å². The van der Waals surface area contributed by atoms with E-state index in [4.69, 9.17) is 11.4 Å². The highest BCUT2D eigenvalue weighted by atomic mass is 16.3. The molecule has 0 radical (unpaired) electrons. The Labute approximate surface area is 164 Å². The van der Waals surface area contributed by atoms with Crippen LogP contribution in [0.25, 0.3) is 11.2 Å². The molecule has 0 saturated heterocycles. The van der Waals surface area contributed by atoms with Crippen molar-refractivity contribution >= 4 is 17.0 Å². The Balaban J connectivity index is 1.75. The van der Waals surface area contributed by atoms with Crippen LogP contribution in [0.4, 0.5) is 5.82 Å². The average Bonchev–Trinajstić information content (AvgIpc) is 3.10. The molecule has 7 heteroatoms. The minimum atomic E-state index is -1.03. The number of nitrogens with zero attached hydrogens (tertiary/aromatic N) is 5. The van der Waals surface area contributed by atoms with Crippen molar-refractivity contribution in [1.82, 2.24) is 24.5 Å². The van der Waals surface area contributed by atoms with Crippen molar-refractivity contribution in [2.75, 3.05) is 5.32 Å². The van der Waals surface area contributed by atoms with Gasteiger partial charge in [0.2, 0.25) is 0 Å². The first kappa shape index (κ1) is 18.4. The summed E-state index contributed by atoms with van der Waals surface area (Å²) in [5.41, 5.74) is 1.14. The second-order valence-corrected chi connectivity index (χ2v) is 7.55. The lowest BCUT2D eigenvalue weighted by atomic mass is 9.78. The third-order valence-corrected chi connectivity index (χ3v) is 5.28. The van der Waals surface area contributed by atoms with E-state index >= 15 is 0 Å². The smallest absolute Gasteiger partial charge is 0.166 e. The number of fused-ring (bicyclic) bond motifs is 1. The molecule has 0 amide bonds. The maximum absolute atomic E-state index is 11.3. The van der Waals surface area contributed by atoms with Gasteiger partial charge < -0.3 is 15.0 Å². The molecule has 1 fully saturated rings. The van der Waals surface area contributed by atoms with Crippen LogP contribution in [0.15, 0.2) is 30.7 Å². The van der Waals surface area contributed by atoms with Gasteiger partial charge in [-0.25, -0.2) is 15.0 Å². The van der Waals surface area contributed by atoms with Crippen LogP contribution >= 0.6 is 0 Å². The van der Waals surface area contributed by atoms with Gasteiger partial charge in [0, 0.05) is 6.20 Å². The number of anilines is 1. The van der Waals surface area contributed by atoms with Crippen LogP contribution in [-0.4, -0.2) is 29.6 Å². The summed E-state index contributed by atoms with van der Waals surface area (Å²) in [4.78, 5) is 18.2. The summed E-state index contributed by atoms with van der Waals surface area (Å²) in [6, 6.07) is 5.77. The van der Waals surface area contributed by atoms with Gasteiger partial charge in [-0.1, -0.05) is 25.3 Å². The Hall–Kier alpha value is -2.98. The Morgan fingerprint density at radius 1 is 1.36 bits per heavy atom. The second kappa shape index (κ2) is 7.56. The van der Waals surface area contributed by atoms with Crippen molar-refractivity contribution in [2.45, 2.75) is 51.3 Å². The minimum absolute atomic E-state index is 0.363. The number of aromatic nitrogens is 5. The molecule has 3 aromatic heterocycles. The number of hydrogen-bond acceptors (Lipinski definition) is 6. The van der Waals surface area contributed by atoms with Crippen LogP contribution in [0.2, 0.25) is 0 Å². The monoisotopic (exact) mass is 376 g/mol. The normalized spacial score (nSPS) is 22.1. The van der Waals surface area contributed by atoms with Gasteiger partial charge in [-0.15, -0.1) is 6.42 Å². The summed E-state index contributed by atoms with van der Waals surface area (Å²) in [6.45, 7) is 3.02. The number of terminal acetylenes is 1. The number of hydrogen-bond donors (Lipinski definition) is 2. The van der Waals surface area contributed by atoms with Gasteiger partial charge in [0.25, 0.3) is 0 Å². The summed E-state index contributed by atoms with van der Waals surface area (Å²) in [6.07, 6.45) is 12.3. The van der Waals surface area contributed by atoms with E-state index in [-0.39, 0.29) is 0 Å². The van der Waals surface area contributed by atoms with Crippen LogP contribution in [0, 0.1) is 18.3 Å². The fraction of sp³-hybridized carbons (Fsp3) is 0.429. The molecule has 1 aliphatic carbocycles. The molecule has 2 atom stereocenters. The van der Waals surface area contributed by atoms with E-state index in [2.05, 4.69) is 33.1 Å². The zero-order valence-corrected chi connectivity index (χ0v) is 16.0. The van der Waals surface area contributed by atoms with E-state index in [0.29, 0.717) is 54.7 Å². The lowest BCUT2D eigenvalue weighted by molar-refractivity contribution is -0.0253. The van der Waals surface area contributed by atoms with Gasteiger partial charge in [-0.2, -0.15) is 0 Å². The highest BCUT2D eigenvalue weighted by molar-refractivity contribution is 5.83. The molecule has 0 unspecified atom stereocenters. The molecule has 0 aliphatic heterocycles. The molecule has 2 N–H and O–H groups in total. The van der Waals surface area contributed by atoms with Crippen molar-refractivity contribution in [3.05, 3.63) is 42.2 Å². The molecule has 28 heavy (non-hydrogen) atoms. The highest BCUT2D eigenvalue weighted by Crippen LogP contribution is 2.39. The first-order chi connectivity index (χ1) is 13.6. The zero-order chi connectivity index (χ0) is 19.6. The molecule has 3 aromatic rings. The molecule has 0 aromatic carbocycles. The van der Waals surface area contributed by atoms with Crippen molar-refractivity contribution in [3.8, 4) is 12.3 Å². The van der Waals surface area contributed by atoms with Crippen LogP contribution in [-0.2, 0) is 18.7 Å². The molecule has 144 valence electrons. The van der Waals surface area contributed by atoms with E-state index in [1.165, 1.54) is 0 Å². The quantitative estimate of drug-likeness (QED) is 0.666. The van der Waals surface area contributed by atoms with Gasteiger partial charge >= 0.3 is 0 Å². The first-order valence-electron chi connectivity index (χ1n) is 9.62. The zero-order valence-electron chi connectivity index (χ0n) is 16.0. The largest absolute Gasteiger partial charge is 0.382 e. The van der Waals surface area contributed by atoms with Gasteiger partial charge in [-0.05, 0) is 37.3 Å². The van der Waals surface area contributed by atoms with Crippen molar-refractivity contribution in [2.24, 2.45) is 5.92 Å². The predicted molar refractivity (Wildman–Crippen MR) is 107 cm³/mol. The summed E-state index contributed by atoms with van der Waals surface area (Å²) >= 11 is 0. The Kier molecular flexibility index (Phi) is 4.97. The number of pyridine rings is 1. The minimum Gasteiger partial charge on any atom is -0.382 e. The SMILES string of the molecule is C#CCn1cnc2c(NCc3ccccn3)nc([C@]3(O)CCC[C@@H](C)C3)nc21. The summed E-state index contributed by atoms with van der Waals surface area (Å²) in [5.74, 6) is 4.08. The van der Waals surface area contributed by atoms with Gasteiger partial charge in [0.15, 0.2) is 17.3 Å². The van der Waals surface area contributed by atoms with Crippen LogP contribution < -0.4 is 5.32 Å². The van der Waals surface area contributed by atoms with E-state index in [0.717, 1.165) is 18.5 Å². The van der Waals surface area contributed by atoms with E-state index in [1.807, 2.05) is 22.8 Å². The maximum atomic E-state index is 11.3. The number of rotatable bonds is 5. The highest BCUT2D eigenvalue weighted by Gasteiger charge is 2.38. The third kappa shape index (κ3) is 3.56. The number of imidazole rings is 1. The average molecular weight is 376 g/mol. The fourth-order valence-electron chi connectivity index (χ4n) is 3.89. The molecular formula is C21H24N6O. The molecule has 7 nitrogen and oxygen atoms in total. The van der Waals surface area contributed by atoms with E-state index < -0.39 is 5.60 Å². The standard InChI is InChI=1S/C21H24N6O/c1-3-11-27-14-24-17-18(23-13-16-8-4-5-10-22-16)25-20(26-19(17)27)21(28)9-6-7-15(2)12-21/h1,4-5,8,10,14-15,28H,6-7,9,11-13H2,2H3,(H,23,25,26)/t15-,21+/m1/s1. The van der Waals surface area contributed by atoms with Gasteiger partial charge in [0.05, 0.1) is 25.1 Å². The number of aliphatic hydroxyl groups is 1.